The highest BCUT2D eigenvalue weighted by atomic mass is 17.2. The predicted octanol–water partition coefficient (Wildman–Crippen LogP) is 0.886. The smallest absolute Gasteiger partial charge is 0.188 e. The zero-order valence-electron chi connectivity index (χ0n) is 6.05. The van der Waals surface area contributed by atoms with Crippen molar-refractivity contribution >= 4 is 0 Å². The van der Waals surface area contributed by atoms with Gasteiger partial charge in [0.05, 0.1) is 5.60 Å². The molecule has 0 saturated heterocycles. The zero-order chi connectivity index (χ0) is 7.49. The summed E-state index contributed by atoms with van der Waals surface area (Å²) in [4.78, 5) is 9.03. The van der Waals surface area contributed by atoms with Crippen molar-refractivity contribution in [3.05, 3.63) is 6.92 Å². The van der Waals surface area contributed by atoms with Crippen LogP contribution in [0.4, 0.5) is 0 Å². The van der Waals surface area contributed by atoms with Crippen LogP contribution in [-0.4, -0.2) is 17.0 Å². The Kier molecular flexibility index (Phi) is 3.11. The van der Waals surface area contributed by atoms with E-state index in [1.165, 1.54) is 0 Å². The lowest BCUT2D eigenvalue weighted by atomic mass is 10.2. The zero-order valence-corrected chi connectivity index (χ0v) is 6.05. The van der Waals surface area contributed by atoms with Crippen LogP contribution in [0, 0.1) is 6.92 Å². The van der Waals surface area contributed by atoms with E-state index in [0.29, 0.717) is 0 Å². The quantitative estimate of drug-likeness (QED) is 0.345. The third kappa shape index (κ3) is 7.88. The van der Waals surface area contributed by atoms with E-state index in [-0.39, 0.29) is 0 Å². The first-order valence-corrected chi connectivity index (χ1v) is 2.77. The maximum atomic E-state index is 8.46. The van der Waals surface area contributed by atoms with Crippen molar-refractivity contribution in [2.45, 2.75) is 32.7 Å². The Morgan fingerprint density at radius 1 is 1.44 bits per heavy atom. The normalized spacial score (nSPS) is 15.7. The van der Waals surface area contributed by atoms with Gasteiger partial charge < -0.3 is 5.11 Å². The first-order chi connectivity index (χ1) is 3.92. The second-order valence-electron chi connectivity index (χ2n) is 2.75. The standard InChI is InChI=1S/C6H13O3/c1-5(7)8-9-6(2,3)4/h5,7H,1H2,2-4H3. The van der Waals surface area contributed by atoms with Gasteiger partial charge >= 0.3 is 0 Å². The van der Waals surface area contributed by atoms with Crippen molar-refractivity contribution in [3.63, 3.8) is 0 Å². The van der Waals surface area contributed by atoms with Crippen LogP contribution in [0.2, 0.25) is 0 Å². The van der Waals surface area contributed by atoms with Crippen molar-refractivity contribution < 1.29 is 14.9 Å². The molecule has 9 heavy (non-hydrogen) atoms. The number of hydrogen-bond acceptors (Lipinski definition) is 3. The number of rotatable bonds is 2. The summed E-state index contributed by atoms with van der Waals surface area (Å²) in [6.07, 6.45) is -1.11. The topological polar surface area (TPSA) is 38.7 Å². The van der Waals surface area contributed by atoms with E-state index in [1.54, 1.807) is 0 Å². The summed E-state index contributed by atoms with van der Waals surface area (Å²) in [5, 5.41) is 8.46. The average Bonchev–Trinajstić information content (AvgIpc) is 1.59. The third-order valence-electron chi connectivity index (χ3n) is 0.409. The van der Waals surface area contributed by atoms with Gasteiger partial charge in [-0.15, -0.1) is 0 Å². The molecule has 3 heteroatoms. The highest BCUT2D eigenvalue weighted by molar-refractivity contribution is 4.54. The summed E-state index contributed by atoms with van der Waals surface area (Å²) in [6.45, 7) is 8.59. The molecule has 1 unspecified atom stereocenters. The van der Waals surface area contributed by atoms with E-state index in [1.807, 2.05) is 20.8 Å². The van der Waals surface area contributed by atoms with Crippen molar-refractivity contribution in [1.82, 2.24) is 0 Å². The van der Waals surface area contributed by atoms with E-state index < -0.39 is 11.9 Å². The summed E-state index contributed by atoms with van der Waals surface area (Å²) in [5.74, 6) is 0. The van der Waals surface area contributed by atoms with Gasteiger partial charge in [0.25, 0.3) is 0 Å². The van der Waals surface area contributed by atoms with Gasteiger partial charge in [0.15, 0.2) is 6.29 Å². The van der Waals surface area contributed by atoms with Gasteiger partial charge in [-0.3, -0.25) is 0 Å². The van der Waals surface area contributed by atoms with Crippen LogP contribution in [0.1, 0.15) is 20.8 Å². The van der Waals surface area contributed by atoms with Gasteiger partial charge in [-0.2, -0.15) is 0 Å². The molecule has 55 valence electrons. The van der Waals surface area contributed by atoms with Crippen LogP contribution in [-0.2, 0) is 9.78 Å². The van der Waals surface area contributed by atoms with Crippen molar-refractivity contribution in [3.8, 4) is 0 Å². The molecule has 0 rings (SSSR count). The Bertz CT molecular complexity index is 72.9. The van der Waals surface area contributed by atoms with Crippen molar-refractivity contribution in [2.75, 3.05) is 0 Å². The Labute approximate surface area is 55.5 Å². The Hall–Kier alpha value is -0.120. The molecule has 1 atom stereocenters. The molecule has 0 bridgehead atoms. The Balaban J connectivity index is 3.28. The maximum absolute atomic E-state index is 8.46. The highest BCUT2D eigenvalue weighted by Gasteiger charge is 2.12. The second kappa shape index (κ2) is 3.15. The van der Waals surface area contributed by atoms with Crippen LogP contribution in [0.25, 0.3) is 0 Å². The molecule has 0 aromatic carbocycles. The molecule has 0 aliphatic rings. The summed E-state index contributed by atoms with van der Waals surface area (Å²) >= 11 is 0. The van der Waals surface area contributed by atoms with Crippen LogP contribution in [0.5, 0.6) is 0 Å². The lowest BCUT2D eigenvalue weighted by Gasteiger charge is -2.18. The summed E-state index contributed by atoms with van der Waals surface area (Å²) in [7, 11) is 0. The largest absolute Gasteiger partial charge is 0.366 e. The fourth-order valence-corrected chi connectivity index (χ4v) is 0.200. The third-order valence-corrected chi connectivity index (χ3v) is 0.409. The van der Waals surface area contributed by atoms with E-state index in [4.69, 9.17) is 5.11 Å². The Morgan fingerprint density at radius 3 is 2.00 bits per heavy atom. The molecule has 0 aliphatic heterocycles. The molecule has 0 aliphatic carbocycles. The predicted molar refractivity (Wildman–Crippen MR) is 33.3 cm³/mol. The van der Waals surface area contributed by atoms with Gasteiger partial charge in [-0.1, -0.05) is 0 Å². The fourth-order valence-electron chi connectivity index (χ4n) is 0.200. The summed E-state index contributed by atoms with van der Waals surface area (Å²) in [6, 6.07) is 0. The molecule has 0 amide bonds. The van der Waals surface area contributed by atoms with E-state index in [9.17, 15) is 0 Å². The monoisotopic (exact) mass is 133 g/mol. The molecule has 0 aromatic heterocycles. The number of hydrogen-bond donors (Lipinski definition) is 1. The fraction of sp³-hybridized carbons (Fsp3) is 0.833. The summed E-state index contributed by atoms with van der Waals surface area (Å²) < 4.78 is 0. The first kappa shape index (κ1) is 8.88. The minimum Gasteiger partial charge on any atom is -0.366 e. The highest BCUT2D eigenvalue weighted by Crippen LogP contribution is 2.07. The van der Waals surface area contributed by atoms with Gasteiger partial charge in [0.1, 0.15) is 0 Å². The minimum absolute atomic E-state index is 0.390. The SMILES string of the molecule is [CH2]C(O)OOC(C)(C)C. The van der Waals surface area contributed by atoms with Crippen LogP contribution >= 0.6 is 0 Å². The molecular weight excluding hydrogens is 120 g/mol. The first-order valence-electron chi connectivity index (χ1n) is 2.77. The van der Waals surface area contributed by atoms with Crippen molar-refractivity contribution in [2.24, 2.45) is 0 Å². The Morgan fingerprint density at radius 2 is 1.89 bits per heavy atom. The molecule has 0 heterocycles. The van der Waals surface area contributed by atoms with Gasteiger partial charge in [0.2, 0.25) is 0 Å². The van der Waals surface area contributed by atoms with Crippen LogP contribution < -0.4 is 0 Å². The number of aliphatic hydroxyl groups excluding tert-OH is 1. The lowest BCUT2D eigenvalue weighted by molar-refractivity contribution is -0.398. The van der Waals surface area contributed by atoms with Crippen LogP contribution in [0.3, 0.4) is 0 Å². The molecule has 0 aromatic rings. The average molecular weight is 133 g/mol. The van der Waals surface area contributed by atoms with Gasteiger partial charge in [-0.25, -0.2) is 9.78 Å². The molecular formula is C6H13O3. The molecule has 1 N–H and O–H groups in total. The second-order valence-corrected chi connectivity index (χ2v) is 2.75. The van der Waals surface area contributed by atoms with Crippen molar-refractivity contribution in [1.29, 1.82) is 0 Å². The molecule has 1 radical (unpaired) electrons. The van der Waals surface area contributed by atoms with E-state index in [2.05, 4.69) is 16.7 Å². The summed E-state index contributed by atoms with van der Waals surface area (Å²) in [5.41, 5.74) is -0.390. The maximum Gasteiger partial charge on any atom is 0.188 e. The molecule has 0 fully saturated rings. The molecule has 3 nitrogen and oxygen atoms in total. The molecule has 0 spiro atoms. The lowest BCUT2D eigenvalue weighted by Crippen LogP contribution is -2.22. The number of aliphatic hydroxyl groups is 1. The molecule has 0 saturated carbocycles. The van der Waals surface area contributed by atoms with Gasteiger partial charge in [0, 0.05) is 6.92 Å². The van der Waals surface area contributed by atoms with E-state index >= 15 is 0 Å². The minimum atomic E-state index is -1.11. The van der Waals surface area contributed by atoms with Crippen LogP contribution in [0.15, 0.2) is 0 Å². The van der Waals surface area contributed by atoms with Gasteiger partial charge in [-0.05, 0) is 20.8 Å². The van der Waals surface area contributed by atoms with E-state index in [0.717, 1.165) is 0 Å².